The number of nitrogens with one attached hydrogen (secondary N) is 10. The lowest BCUT2D eigenvalue weighted by molar-refractivity contribution is -0.138. The third-order valence-corrected chi connectivity index (χ3v) is 13.5. The summed E-state index contributed by atoms with van der Waals surface area (Å²) >= 11 is 0. The van der Waals surface area contributed by atoms with Crippen LogP contribution in [0.25, 0.3) is 0 Å². The van der Waals surface area contributed by atoms with Gasteiger partial charge in [-0.2, -0.15) is 0 Å². The lowest BCUT2D eigenvalue weighted by atomic mass is 10.0. The highest BCUT2D eigenvalue weighted by Crippen LogP contribution is 2.15. The maximum atomic E-state index is 14.8. The summed E-state index contributed by atoms with van der Waals surface area (Å²) in [5, 5.41) is 42.7. The minimum Gasteiger partial charge on any atom is -0.508 e. The second kappa shape index (κ2) is 38.4. The zero-order valence-corrected chi connectivity index (χ0v) is 50.1. The van der Waals surface area contributed by atoms with Gasteiger partial charge < -0.3 is 97.5 Å². The maximum Gasteiger partial charge on any atom is 0.303 e. The Labute approximate surface area is 514 Å². The van der Waals surface area contributed by atoms with Gasteiger partial charge in [0.2, 0.25) is 65.0 Å². The second-order valence-electron chi connectivity index (χ2n) is 21.6. The molecule has 1 heterocycles. The summed E-state index contributed by atoms with van der Waals surface area (Å²) in [5.41, 5.74) is 34.7. The Morgan fingerprint density at radius 3 is 1.52 bits per heavy atom. The fourth-order valence-electron chi connectivity index (χ4n) is 8.78. The fourth-order valence-corrected chi connectivity index (χ4v) is 8.78. The van der Waals surface area contributed by atoms with Crippen LogP contribution in [0.4, 0.5) is 0 Å². The Morgan fingerprint density at radius 2 is 1.03 bits per heavy atom. The number of aromatic amines is 1. The topological polar surface area (TPSA) is 551 Å². The van der Waals surface area contributed by atoms with Crippen molar-refractivity contribution in [2.75, 3.05) is 19.6 Å². The first-order valence-electron chi connectivity index (χ1n) is 28.9. The molecule has 0 aliphatic rings. The van der Waals surface area contributed by atoms with E-state index in [0.717, 1.165) is 0 Å². The number of carboxylic acid groups (broad SMARTS) is 1. The predicted molar refractivity (Wildman–Crippen MR) is 323 cm³/mol. The number of carbonyl (C=O) groups is 12. The van der Waals surface area contributed by atoms with Crippen molar-refractivity contribution in [2.45, 2.75) is 159 Å². The van der Waals surface area contributed by atoms with Crippen molar-refractivity contribution in [3.8, 4) is 5.75 Å². The molecule has 488 valence electrons. The molecule has 0 aliphatic heterocycles. The molecule has 24 N–H and O–H groups in total. The van der Waals surface area contributed by atoms with Crippen molar-refractivity contribution < 1.29 is 67.7 Å². The van der Waals surface area contributed by atoms with Crippen LogP contribution in [-0.2, 0) is 76.8 Å². The third-order valence-electron chi connectivity index (χ3n) is 13.5. The number of carboxylic acids is 1. The molecule has 0 unspecified atom stereocenters. The van der Waals surface area contributed by atoms with Crippen LogP contribution >= 0.6 is 0 Å². The lowest BCUT2D eigenvalue weighted by Gasteiger charge is -2.28. The molecule has 0 radical (unpaired) electrons. The van der Waals surface area contributed by atoms with Crippen molar-refractivity contribution in [2.24, 2.45) is 45.3 Å². The molecule has 89 heavy (non-hydrogen) atoms. The Balaban J connectivity index is 2.01. The summed E-state index contributed by atoms with van der Waals surface area (Å²) in [6, 6.07) is 1.55. The van der Waals surface area contributed by atoms with Crippen LogP contribution in [0.15, 0.2) is 72.1 Å². The minimum atomic E-state index is -1.62. The molecule has 0 saturated carbocycles. The number of aliphatic carboxylic acids is 1. The summed E-state index contributed by atoms with van der Waals surface area (Å²) in [6.45, 7) is 4.42. The molecule has 2 aromatic carbocycles. The number of carbonyl (C=O) groups excluding carboxylic acids is 11. The van der Waals surface area contributed by atoms with Gasteiger partial charge in [0.05, 0.1) is 18.9 Å². The Bertz CT molecular complexity index is 2870. The van der Waals surface area contributed by atoms with E-state index in [1.54, 1.807) is 44.2 Å². The summed E-state index contributed by atoms with van der Waals surface area (Å²) in [7, 11) is 0. The summed E-state index contributed by atoms with van der Waals surface area (Å²) < 4.78 is 0. The van der Waals surface area contributed by atoms with Gasteiger partial charge in [-0.05, 0) is 94.0 Å². The molecule has 9 atom stereocenters. The van der Waals surface area contributed by atoms with Crippen LogP contribution in [-0.4, -0.2) is 171 Å². The molecule has 0 aliphatic carbocycles. The number of unbranched alkanes of at least 4 members (excludes halogenated alkanes) is 1. The summed E-state index contributed by atoms with van der Waals surface area (Å²) in [5.74, 6) is -11.6. The van der Waals surface area contributed by atoms with E-state index >= 15 is 0 Å². The summed E-state index contributed by atoms with van der Waals surface area (Å²) in [6.07, 6.45) is 0.836. The number of nitrogens with two attached hydrogens (primary N) is 6. The average molecular weight is 1250 g/mol. The van der Waals surface area contributed by atoms with Gasteiger partial charge in [0.25, 0.3) is 0 Å². The van der Waals surface area contributed by atoms with Gasteiger partial charge in [-0.15, -0.1) is 0 Å². The van der Waals surface area contributed by atoms with Gasteiger partial charge in [-0.3, -0.25) is 62.5 Å². The Kier molecular flexibility index (Phi) is 31.8. The first-order chi connectivity index (χ1) is 42.1. The highest BCUT2D eigenvalue weighted by Gasteiger charge is 2.35. The number of phenols is 1. The van der Waals surface area contributed by atoms with Crippen molar-refractivity contribution in [1.82, 2.24) is 57.8 Å². The third kappa shape index (κ3) is 28.6. The zero-order valence-electron chi connectivity index (χ0n) is 50.1. The van der Waals surface area contributed by atoms with Gasteiger partial charge in [0.1, 0.15) is 54.1 Å². The number of guanidine groups is 1. The van der Waals surface area contributed by atoms with Crippen LogP contribution in [0.3, 0.4) is 0 Å². The van der Waals surface area contributed by atoms with Crippen molar-refractivity contribution in [3.63, 3.8) is 0 Å². The Morgan fingerprint density at radius 1 is 0.551 bits per heavy atom. The van der Waals surface area contributed by atoms with E-state index in [0.29, 0.717) is 23.2 Å². The molecule has 0 fully saturated rings. The summed E-state index contributed by atoms with van der Waals surface area (Å²) in [4.78, 5) is 172. The normalized spacial score (nSPS) is 14.0. The molecule has 11 amide bonds. The number of imidazole rings is 1. The highest BCUT2D eigenvalue weighted by atomic mass is 16.4. The number of nitrogens with zero attached hydrogens (tertiary/aromatic N) is 2. The van der Waals surface area contributed by atoms with Crippen LogP contribution < -0.4 is 82.3 Å². The van der Waals surface area contributed by atoms with Crippen LogP contribution in [0.2, 0.25) is 0 Å². The van der Waals surface area contributed by atoms with E-state index in [9.17, 15) is 67.7 Å². The van der Waals surface area contributed by atoms with Crippen LogP contribution in [0.5, 0.6) is 5.75 Å². The molecule has 32 nitrogen and oxygen atoms in total. The van der Waals surface area contributed by atoms with Gasteiger partial charge in [-0.1, -0.05) is 56.3 Å². The molecule has 32 heteroatoms. The number of primary amides is 2. The molecular weight excluding hydrogens is 1160 g/mol. The van der Waals surface area contributed by atoms with Crippen LogP contribution in [0, 0.1) is 5.92 Å². The zero-order chi connectivity index (χ0) is 66.2. The quantitative estimate of drug-likeness (QED) is 0.0144. The number of H-pyrrole nitrogens is 1. The number of aromatic hydroxyl groups is 1. The number of hydrogen-bond donors (Lipinski definition) is 18. The Hall–Kier alpha value is -9.72. The van der Waals surface area contributed by atoms with Gasteiger partial charge in [0.15, 0.2) is 5.96 Å². The maximum absolute atomic E-state index is 14.8. The van der Waals surface area contributed by atoms with Crippen molar-refractivity contribution in [3.05, 3.63) is 83.9 Å². The highest BCUT2D eigenvalue weighted by molar-refractivity contribution is 5.98. The van der Waals surface area contributed by atoms with Gasteiger partial charge >= 0.3 is 5.97 Å². The molecule has 0 spiro atoms. The van der Waals surface area contributed by atoms with E-state index < -0.39 is 145 Å². The van der Waals surface area contributed by atoms with Crippen molar-refractivity contribution in [1.29, 1.82) is 0 Å². The first-order valence-corrected chi connectivity index (χ1v) is 28.9. The molecular formula is C57H86N18O14. The average Bonchev–Trinajstić information content (AvgIpc) is 4.23. The molecule has 3 rings (SSSR count). The number of amides is 11. The largest absolute Gasteiger partial charge is 0.508 e. The number of phenolic OH excluding ortho intramolecular Hbond substituents is 1. The number of hydrogen-bond acceptors (Lipinski definition) is 17. The van der Waals surface area contributed by atoms with E-state index in [1.165, 1.54) is 43.7 Å². The smallest absolute Gasteiger partial charge is 0.303 e. The van der Waals surface area contributed by atoms with E-state index in [-0.39, 0.29) is 94.9 Å². The fraction of sp³-hybridized carbons (Fsp3) is 0.509. The SMILES string of the molecule is CC(C)C[C@H](NC(=O)[C@H](C)N)C(=O)NCC(=O)N[C@@H](CCC(=O)O)C(=O)N[C@@H](CCCN=C(N)N)C(=O)N[C@@H](CCCCN)C(=O)N[C@@H](Cc1ccc(O)cc1)C(=O)N[C@@H](Cc1cnc[nH]1)C(=O)N[C@@H](Cc1ccccc1)C(=O)N[C@@H](CCC(N)=O)C(N)=O. The monoisotopic (exact) mass is 1250 g/mol. The van der Waals surface area contributed by atoms with E-state index in [1.807, 2.05) is 0 Å². The molecule has 0 saturated heterocycles. The lowest BCUT2D eigenvalue weighted by Crippen LogP contribution is -2.61. The van der Waals surface area contributed by atoms with E-state index in [2.05, 4.69) is 62.8 Å². The van der Waals surface area contributed by atoms with Gasteiger partial charge in [-0.25, -0.2) is 4.98 Å². The standard InChI is InChI=1S/C57H86N18O14/c1-31(2)24-41(72-49(82)32(3)59)50(83)66-29-46(78)68-40(19-21-47(79)80)53(86)71-39(13-9-23-65-57(62)63)51(84)70-38(12-7-8-22-58)52(85)73-43(26-34-14-16-36(76)17-15-34)55(88)75-44(27-35-28-64-30-67-35)56(89)74-42(25-33-10-5-4-6-11-33)54(87)69-37(48(61)81)18-20-45(60)77/h4-6,10-11,14-17,28,30-32,37-44,76H,7-9,12-13,18-27,29,58-59H2,1-3H3,(H2,60,77)(H2,61,81)(H,64,67)(H,66,83)(H,68,78)(H,69,87)(H,70,84)(H,71,86)(H,72,82)(H,73,85)(H,74,89)(H,75,88)(H,79,80)(H4,62,63,65)/t32-,37-,38-,39-,40-,41-,42-,43-,44-/m0/s1. The first kappa shape index (κ1) is 73.5. The number of aromatic nitrogens is 2. The molecule has 3 aromatic rings. The van der Waals surface area contributed by atoms with Crippen molar-refractivity contribution >= 4 is 76.9 Å². The minimum absolute atomic E-state index is 0.0419. The number of rotatable bonds is 41. The predicted octanol–water partition coefficient (Wildman–Crippen LogP) is -4.67. The van der Waals surface area contributed by atoms with E-state index in [4.69, 9.17) is 34.4 Å². The number of aliphatic imine (C=N–C) groups is 1. The molecule has 1 aromatic heterocycles. The number of benzene rings is 2. The molecule has 0 bridgehead atoms. The van der Waals surface area contributed by atoms with Gasteiger partial charge in [0, 0.05) is 50.5 Å². The second-order valence-corrected chi connectivity index (χ2v) is 21.6. The van der Waals surface area contributed by atoms with Crippen LogP contribution in [0.1, 0.15) is 102 Å².